The number of nitrogens with zero attached hydrogens (tertiary/aromatic N) is 1. The van der Waals surface area contributed by atoms with E-state index >= 15 is 0 Å². The molecule has 6 heteroatoms. The number of para-hydroxylation sites is 1. The first-order valence-electron chi connectivity index (χ1n) is 8.07. The van der Waals surface area contributed by atoms with Crippen molar-refractivity contribution in [3.8, 4) is 0 Å². The van der Waals surface area contributed by atoms with E-state index in [-0.39, 0.29) is 11.5 Å². The Morgan fingerprint density at radius 3 is 2.83 bits per heavy atom. The molecule has 2 aromatic rings. The second kappa shape index (κ2) is 7.39. The van der Waals surface area contributed by atoms with Gasteiger partial charge in [0.25, 0.3) is 5.91 Å². The molecular formula is C17H22N4O2. The molecule has 122 valence electrons. The molecule has 3 rings (SSSR count). The molecule has 1 aromatic heterocycles. The van der Waals surface area contributed by atoms with Crippen LogP contribution in [0.5, 0.6) is 0 Å². The summed E-state index contributed by atoms with van der Waals surface area (Å²) in [5.41, 5.74) is 0.868. The van der Waals surface area contributed by atoms with Crippen molar-refractivity contribution in [2.24, 2.45) is 0 Å². The Morgan fingerprint density at radius 1 is 1.22 bits per heavy atom. The van der Waals surface area contributed by atoms with Crippen LogP contribution < -0.4 is 16.2 Å². The number of piperazine rings is 1. The Morgan fingerprint density at radius 2 is 2.00 bits per heavy atom. The summed E-state index contributed by atoms with van der Waals surface area (Å²) in [6, 6.07) is 8.72. The fourth-order valence-electron chi connectivity index (χ4n) is 2.93. The Bertz CT molecular complexity index is 735. The first-order chi connectivity index (χ1) is 11.2. The minimum atomic E-state index is -0.255. The molecule has 0 atom stereocenters. The minimum Gasteiger partial charge on any atom is -0.352 e. The smallest absolute Gasteiger partial charge is 0.252 e. The summed E-state index contributed by atoms with van der Waals surface area (Å²) in [5.74, 6) is -0.187. The van der Waals surface area contributed by atoms with Crippen LogP contribution in [-0.2, 0) is 0 Å². The van der Waals surface area contributed by atoms with Gasteiger partial charge in [0.15, 0.2) is 0 Å². The molecule has 2 heterocycles. The number of benzene rings is 1. The van der Waals surface area contributed by atoms with E-state index in [9.17, 15) is 9.59 Å². The predicted octanol–water partition coefficient (Wildman–Crippen LogP) is 0.553. The van der Waals surface area contributed by atoms with E-state index in [0.717, 1.165) is 44.5 Å². The number of pyridine rings is 1. The summed E-state index contributed by atoms with van der Waals surface area (Å²) >= 11 is 0. The van der Waals surface area contributed by atoms with Crippen molar-refractivity contribution < 1.29 is 4.79 Å². The van der Waals surface area contributed by atoms with E-state index < -0.39 is 0 Å². The van der Waals surface area contributed by atoms with Gasteiger partial charge < -0.3 is 20.5 Å². The van der Waals surface area contributed by atoms with Crippen LogP contribution >= 0.6 is 0 Å². The number of hydrogen-bond donors (Lipinski definition) is 3. The van der Waals surface area contributed by atoms with Gasteiger partial charge in [0, 0.05) is 49.7 Å². The maximum absolute atomic E-state index is 12.4. The van der Waals surface area contributed by atoms with E-state index in [1.807, 2.05) is 18.2 Å². The van der Waals surface area contributed by atoms with E-state index in [1.165, 1.54) is 6.07 Å². The highest BCUT2D eigenvalue weighted by atomic mass is 16.2. The zero-order valence-electron chi connectivity index (χ0n) is 13.1. The molecule has 0 saturated carbocycles. The maximum atomic E-state index is 12.4. The number of nitrogens with one attached hydrogen (secondary N) is 3. The van der Waals surface area contributed by atoms with Gasteiger partial charge in [-0.05, 0) is 19.0 Å². The van der Waals surface area contributed by atoms with Gasteiger partial charge in [-0.3, -0.25) is 9.59 Å². The normalized spacial score (nSPS) is 15.7. The van der Waals surface area contributed by atoms with E-state index in [0.29, 0.717) is 17.6 Å². The summed E-state index contributed by atoms with van der Waals surface area (Å²) in [7, 11) is 0. The van der Waals surface area contributed by atoms with Gasteiger partial charge >= 0.3 is 0 Å². The molecule has 1 aliphatic heterocycles. The summed E-state index contributed by atoms with van der Waals surface area (Å²) in [4.78, 5) is 29.2. The fourth-order valence-corrected chi connectivity index (χ4v) is 2.93. The monoisotopic (exact) mass is 314 g/mol. The number of rotatable bonds is 5. The number of hydrogen-bond acceptors (Lipinski definition) is 4. The molecule has 0 radical (unpaired) electrons. The van der Waals surface area contributed by atoms with Crippen LogP contribution in [0.15, 0.2) is 35.1 Å². The van der Waals surface area contributed by atoms with Gasteiger partial charge in [0.05, 0.1) is 5.56 Å². The summed E-state index contributed by atoms with van der Waals surface area (Å²) in [5, 5.41) is 7.02. The van der Waals surface area contributed by atoms with Gasteiger partial charge in [0.1, 0.15) is 0 Å². The fraction of sp³-hybridized carbons (Fsp3) is 0.412. The SMILES string of the molecule is O=C(NCCCN1CCNCC1)c1cc(=O)[nH]c2ccccc12. The number of aromatic nitrogens is 1. The van der Waals surface area contributed by atoms with Crippen LogP contribution in [0.4, 0.5) is 0 Å². The molecule has 0 unspecified atom stereocenters. The zero-order chi connectivity index (χ0) is 16.1. The molecule has 0 spiro atoms. The Balaban J connectivity index is 1.59. The highest BCUT2D eigenvalue weighted by Gasteiger charge is 2.12. The molecule has 1 amide bonds. The molecule has 6 nitrogen and oxygen atoms in total. The van der Waals surface area contributed by atoms with Crippen LogP contribution in [0.1, 0.15) is 16.8 Å². The molecule has 1 aromatic carbocycles. The van der Waals surface area contributed by atoms with Gasteiger partial charge in [-0.15, -0.1) is 0 Å². The van der Waals surface area contributed by atoms with Crippen LogP contribution in [-0.4, -0.2) is 55.1 Å². The van der Waals surface area contributed by atoms with Crippen molar-refractivity contribution in [2.45, 2.75) is 6.42 Å². The second-order valence-corrected chi connectivity index (χ2v) is 5.79. The first-order valence-corrected chi connectivity index (χ1v) is 8.07. The van der Waals surface area contributed by atoms with E-state index in [2.05, 4.69) is 20.5 Å². The Hall–Kier alpha value is -2.18. The van der Waals surface area contributed by atoms with Crippen molar-refractivity contribution in [3.63, 3.8) is 0 Å². The van der Waals surface area contributed by atoms with Crippen molar-refractivity contribution >= 4 is 16.8 Å². The summed E-state index contributed by atoms with van der Waals surface area (Å²) in [6.45, 7) is 5.79. The second-order valence-electron chi connectivity index (χ2n) is 5.79. The molecule has 1 fully saturated rings. The highest BCUT2D eigenvalue weighted by Crippen LogP contribution is 2.14. The molecule has 1 aliphatic rings. The number of carbonyl (C=O) groups excluding carboxylic acids is 1. The third-order valence-corrected chi connectivity index (χ3v) is 4.14. The van der Waals surface area contributed by atoms with Crippen molar-refractivity contribution in [2.75, 3.05) is 39.3 Å². The number of carbonyl (C=O) groups is 1. The molecule has 0 bridgehead atoms. The number of fused-ring (bicyclic) bond motifs is 1. The highest BCUT2D eigenvalue weighted by molar-refractivity contribution is 6.05. The van der Waals surface area contributed by atoms with Crippen LogP contribution in [0.3, 0.4) is 0 Å². The first kappa shape index (κ1) is 15.7. The lowest BCUT2D eigenvalue weighted by Crippen LogP contribution is -2.44. The lowest BCUT2D eigenvalue weighted by atomic mass is 10.1. The lowest BCUT2D eigenvalue weighted by Gasteiger charge is -2.27. The van der Waals surface area contributed by atoms with E-state index in [4.69, 9.17) is 0 Å². The maximum Gasteiger partial charge on any atom is 0.252 e. The van der Waals surface area contributed by atoms with Gasteiger partial charge in [-0.25, -0.2) is 0 Å². The lowest BCUT2D eigenvalue weighted by molar-refractivity contribution is 0.0952. The Labute approximate surface area is 134 Å². The molecule has 1 saturated heterocycles. The van der Waals surface area contributed by atoms with Crippen molar-refractivity contribution in [1.29, 1.82) is 0 Å². The quantitative estimate of drug-likeness (QED) is 0.705. The predicted molar refractivity (Wildman–Crippen MR) is 90.8 cm³/mol. The van der Waals surface area contributed by atoms with Crippen LogP contribution in [0.2, 0.25) is 0 Å². The Kier molecular flexibility index (Phi) is 5.05. The van der Waals surface area contributed by atoms with E-state index in [1.54, 1.807) is 6.07 Å². The zero-order valence-corrected chi connectivity index (χ0v) is 13.1. The number of aromatic amines is 1. The third-order valence-electron chi connectivity index (χ3n) is 4.14. The molecular weight excluding hydrogens is 292 g/mol. The number of H-pyrrole nitrogens is 1. The third kappa shape index (κ3) is 3.97. The topological polar surface area (TPSA) is 77.2 Å². The van der Waals surface area contributed by atoms with Crippen molar-refractivity contribution in [3.05, 3.63) is 46.2 Å². The standard InChI is InChI=1S/C17H22N4O2/c22-16-12-14(13-4-1-2-5-15(13)20-16)17(23)19-6-3-9-21-10-7-18-8-11-21/h1-2,4-5,12,18H,3,6-11H2,(H,19,23)(H,20,22). The van der Waals surface area contributed by atoms with Gasteiger partial charge in [0.2, 0.25) is 5.56 Å². The van der Waals surface area contributed by atoms with Crippen molar-refractivity contribution in [1.82, 2.24) is 20.5 Å². The molecule has 0 aliphatic carbocycles. The van der Waals surface area contributed by atoms with Crippen LogP contribution in [0, 0.1) is 0 Å². The number of amides is 1. The largest absolute Gasteiger partial charge is 0.352 e. The average molecular weight is 314 g/mol. The van der Waals surface area contributed by atoms with Gasteiger partial charge in [-0.2, -0.15) is 0 Å². The summed E-state index contributed by atoms with van der Waals surface area (Å²) < 4.78 is 0. The van der Waals surface area contributed by atoms with Crippen LogP contribution in [0.25, 0.3) is 10.9 Å². The van der Waals surface area contributed by atoms with Gasteiger partial charge in [-0.1, -0.05) is 18.2 Å². The summed E-state index contributed by atoms with van der Waals surface area (Å²) in [6.07, 6.45) is 0.910. The molecule has 23 heavy (non-hydrogen) atoms. The molecule has 3 N–H and O–H groups in total. The average Bonchev–Trinajstić information content (AvgIpc) is 2.58. The minimum absolute atomic E-state index is 0.187.